The van der Waals surface area contributed by atoms with Gasteiger partial charge in [0, 0.05) is 5.92 Å². The lowest BCUT2D eigenvalue weighted by Gasteiger charge is -2.09. The summed E-state index contributed by atoms with van der Waals surface area (Å²) >= 11 is 0. The van der Waals surface area contributed by atoms with Crippen molar-refractivity contribution >= 4 is 5.84 Å². The van der Waals surface area contributed by atoms with E-state index < -0.39 is 0 Å². The molecule has 1 aromatic heterocycles. The zero-order valence-electron chi connectivity index (χ0n) is 6.96. The van der Waals surface area contributed by atoms with Crippen LogP contribution in [-0.4, -0.2) is 26.8 Å². The van der Waals surface area contributed by atoms with Crippen LogP contribution in [0.1, 0.15) is 6.42 Å². The molecule has 0 saturated heterocycles. The van der Waals surface area contributed by atoms with Gasteiger partial charge in [0.15, 0.2) is 0 Å². The predicted octanol–water partition coefficient (Wildman–Crippen LogP) is 0.178. The Morgan fingerprint density at radius 3 is 3.08 bits per heavy atom. The third-order valence-electron chi connectivity index (χ3n) is 2.36. The predicted molar refractivity (Wildman–Crippen MR) is 47.9 cm³/mol. The minimum absolute atomic E-state index is 0.385. The summed E-state index contributed by atoms with van der Waals surface area (Å²) in [6.45, 7) is 0. The maximum Gasteiger partial charge on any atom is 0.139 e. The van der Waals surface area contributed by atoms with Gasteiger partial charge in [-0.3, -0.25) is 10.4 Å². The Hall–Kier alpha value is -1.65. The average molecular weight is 175 g/mol. The third-order valence-corrected chi connectivity index (χ3v) is 2.36. The van der Waals surface area contributed by atoms with Crippen molar-refractivity contribution in [3.8, 4) is 0 Å². The van der Waals surface area contributed by atoms with Crippen molar-refractivity contribution in [2.24, 2.45) is 10.9 Å². The molecule has 2 aliphatic rings. The fraction of sp³-hybridized carbons (Fsp3) is 0.375. The molecule has 5 nitrogen and oxygen atoms in total. The first-order valence-corrected chi connectivity index (χ1v) is 4.29. The van der Waals surface area contributed by atoms with Gasteiger partial charge < -0.3 is 0 Å². The van der Waals surface area contributed by atoms with Gasteiger partial charge in [0.25, 0.3) is 0 Å². The lowest BCUT2D eigenvalue weighted by Crippen LogP contribution is -2.26. The minimum atomic E-state index is 0.385. The van der Waals surface area contributed by atoms with E-state index in [-0.39, 0.29) is 0 Å². The van der Waals surface area contributed by atoms with Crippen LogP contribution in [0.3, 0.4) is 0 Å². The van der Waals surface area contributed by atoms with E-state index in [0.29, 0.717) is 12.0 Å². The Balaban J connectivity index is 1.79. The van der Waals surface area contributed by atoms with Crippen LogP contribution in [0.15, 0.2) is 29.8 Å². The van der Waals surface area contributed by atoms with Gasteiger partial charge in [-0.25, -0.2) is 4.98 Å². The molecule has 1 aromatic rings. The number of amidine groups is 1. The van der Waals surface area contributed by atoms with E-state index in [1.165, 1.54) is 6.33 Å². The van der Waals surface area contributed by atoms with E-state index in [4.69, 9.17) is 0 Å². The van der Waals surface area contributed by atoms with Crippen molar-refractivity contribution in [3.05, 3.63) is 24.8 Å². The van der Waals surface area contributed by atoms with Crippen molar-refractivity contribution in [1.29, 1.82) is 0 Å². The number of rotatable bonds is 1. The molecule has 0 saturated carbocycles. The number of nitrogens with zero attached hydrogens (tertiary/aromatic N) is 4. The van der Waals surface area contributed by atoms with Gasteiger partial charge in [-0.15, -0.1) is 5.10 Å². The van der Waals surface area contributed by atoms with Crippen LogP contribution in [-0.2, 0) is 0 Å². The third kappa shape index (κ3) is 1.04. The van der Waals surface area contributed by atoms with E-state index in [1.54, 1.807) is 11.1 Å². The van der Waals surface area contributed by atoms with Crippen molar-refractivity contribution in [1.82, 2.24) is 14.9 Å². The van der Waals surface area contributed by atoms with Crippen molar-refractivity contribution in [3.63, 3.8) is 0 Å². The first-order valence-electron chi connectivity index (χ1n) is 4.29. The molecule has 0 aromatic carbocycles. The van der Waals surface area contributed by atoms with E-state index in [1.807, 2.05) is 0 Å². The van der Waals surface area contributed by atoms with Crippen LogP contribution in [0.2, 0.25) is 0 Å². The Labute approximate surface area is 75.2 Å². The van der Waals surface area contributed by atoms with Crippen LogP contribution in [0.5, 0.6) is 0 Å². The highest BCUT2D eigenvalue weighted by Crippen LogP contribution is 2.28. The summed E-state index contributed by atoms with van der Waals surface area (Å²) in [6.07, 6.45) is 8.57. The van der Waals surface area contributed by atoms with Crippen LogP contribution >= 0.6 is 0 Å². The molecule has 1 aliphatic carbocycles. The zero-order valence-corrected chi connectivity index (χ0v) is 6.96. The molecule has 1 aliphatic heterocycles. The van der Waals surface area contributed by atoms with Crippen LogP contribution in [0, 0.1) is 5.92 Å². The molecule has 5 heteroatoms. The summed E-state index contributed by atoms with van der Waals surface area (Å²) in [6, 6.07) is 0.385. The first kappa shape index (κ1) is 6.82. The second-order valence-electron chi connectivity index (χ2n) is 3.26. The largest absolute Gasteiger partial charge is 0.263 e. The quantitative estimate of drug-likeness (QED) is 0.619. The summed E-state index contributed by atoms with van der Waals surface area (Å²) in [5, 5.41) is 3.95. The molecule has 0 amide bonds. The molecule has 0 fully saturated rings. The summed E-state index contributed by atoms with van der Waals surface area (Å²) < 4.78 is 0. The van der Waals surface area contributed by atoms with Crippen LogP contribution < -0.4 is 5.43 Å². The molecule has 2 bridgehead atoms. The molecule has 66 valence electrons. The van der Waals surface area contributed by atoms with Gasteiger partial charge in [0.2, 0.25) is 0 Å². The normalized spacial score (nSPS) is 29.4. The number of hydrogen-bond acceptors (Lipinski definition) is 4. The van der Waals surface area contributed by atoms with Crippen molar-refractivity contribution in [2.45, 2.75) is 12.5 Å². The summed E-state index contributed by atoms with van der Waals surface area (Å²) in [5.41, 5.74) is 3.09. The van der Waals surface area contributed by atoms with E-state index in [0.717, 1.165) is 12.3 Å². The molecule has 2 heterocycles. The van der Waals surface area contributed by atoms with Gasteiger partial charge in [-0.05, 0) is 6.42 Å². The second-order valence-corrected chi connectivity index (χ2v) is 3.26. The SMILES string of the molecule is C1=CC2CC1N=C2Nn1cncn1. The lowest BCUT2D eigenvalue weighted by atomic mass is 10.1. The van der Waals surface area contributed by atoms with E-state index >= 15 is 0 Å². The minimum Gasteiger partial charge on any atom is -0.263 e. The van der Waals surface area contributed by atoms with E-state index in [2.05, 4.69) is 32.7 Å². The first-order chi connectivity index (χ1) is 6.42. The fourth-order valence-corrected chi connectivity index (χ4v) is 1.75. The number of aromatic nitrogens is 3. The number of dihydropyridines is 1. The number of fused-ring (bicyclic) bond motifs is 2. The van der Waals surface area contributed by atoms with Gasteiger partial charge in [0.1, 0.15) is 18.5 Å². The van der Waals surface area contributed by atoms with Gasteiger partial charge >= 0.3 is 0 Å². The number of nitrogens with one attached hydrogen (secondary N) is 1. The molecular weight excluding hydrogens is 166 g/mol. The number of hydrogen-bond donors (Lipinski definition) is 1. The number of aliphatic imine (C=N–C) groups is 1. The molecule has 3 rings (SSSR count). The maximum atomic E-state index is 4.46. The molecular formula is C8H9N5. The van der Waals surface area contributed by atoms with Gasteiger partial charge in [-0.2, -0.15) is 4.79 Å². The lowest BCUT2D eigenvalue weighted by molar-refractivity contribution is 0.766. The second kappa shape index (κ2) is 2.42. The molecule has 1 N–H and O–H groups in total. The smallest absolute Gasteiger partial charge is 0.139 e. The zero-order chi connectivity index (χ0) is 8.67. The highest BCUT2D eigenvalue weighted by Gasteiger charge is 2.29. The average Bonchev–Trinajstić information content (AvgIpc) is 2.77. The molecule has 2 atom stereocenters. The van der Waals surface area contributed by atoms with Crippen LogP contribution in [0.25, 0.3) is 0 Å². The summed E-state index contributed by atoms with van der Waals surface area (Å²) in [4.78, 5) is 9.88. The van der Waals surface area contributed by atoms with Crippen molar-refractivity contribution < 1.29 is 0 Å². The monoisotopic (exact) mass is 175 g/mol. The van der Waals surface area contributed by atoms with E-state index in [9.17, 15) is 0 Å². The van der Waals surface area contributed by atoms with Gasteiger partial charge in [0.05, 0.1) is 6.04 Å². The highest BCUT2D eigenvalue weighted by atomic mass is 15.6. The molecule has 2 unspecified atom stereocenters. The Morgan fingerprint density at radius 2 is 2.46 bits per heavy atom. The Morgan fingerprint density at radius 1 is 1.46 bits per heavy atom. The topological polar surface area (TPSA) is 55.1 Å². The summed E-state index contributed by atoms with van der Waals surface area (Å²) in [5.74, 6) is 1.45. The fourth-order valence-electron chi connectivity index (χ4n) is 1.75. The molecule has 13 heavy (non-hydrogen) atoms. The van der Waals surface area contributed by atoms with Gasteiger partial charge in [-0.1, -0.05) is 12.2 Å². The standard InChI is InChI=1S/C8H9N5/c1-2-7-3-6(1)8(11-7)12-13-5-9-4-10-13/h1-2,4-7H,3H2,(H,11,12). The Bertz CT molecular complexity index is 364. The highest BCUT2D eigenvalue weighted by molar-refractivity contribution is 5.95. The summed E-state index contributed by atoms with van der Waals surface area (Å²) in [7, 11) is 0. The molecule has 0 spiro atoms. The van der Waals surface area contributed by atoms with Crippen molar-refractivity contribution in [2.75, 3.05) is 5.43 Å². The molecule has 0 radical (unpaired) electrons. The van der Waals surface area contributed by atoms with Crippen LogP contribution in [0.4, 0.5) is 0 Å². The maximum absolute atomic E-state index is 4.46. The Kier molecular flexibility index (Phi) is 1.27.